The molecule has 4 rings (SSSR count). The Bertz CT molecular complexity index is 972. The highest BCUT2D eigenvalue weighted by Gasteiger charge is 2.47. The molecule has 0 N–H and O–H groups in total. The van der Waals surface area contributed by atoms with Crippen LogP contribution in [0.25, 0.3) is 0 Å². The number of carbonyl (C=O) groups is 1. The molecular formula is C22H16Cl2O3. The van der Waals surface area contributed by atoms with Crippen LogP contribution in [0.4, 0.5) is 0 Å². The zero-order chi connectivity index (χ0) is 18.8. The molecule has 1 fully saturated rings. The number of halogens is 2. The molecule has 1 aliphatic heterocycles. The molecule has 1 aliphatic rings. The van der Waals surface area contributed by atoms with Gasteiger partial charge in [-0.1, -0.05) is 71.7 Å². The maximum absolute atomic E-state index is 12.9. The van der Waals surface area contributed by atoms with Crippen molar-refractivity contribution in [3.05, 3.63) is 99.5 Å². The Labute approximate surface area is 167 Å². The van der Waals surface area contributed by atoms with Crippen LogP contribution in [-0.2, 0) is 11.3 Å². The summed E-state index contributed by atoms with van der Waals surface area (Å²) in [5, 5.41) is 0.922. The molecule has 3 nitrogen and oxygen atoms in total. The van der Waals surface area contributed by atoms with Gasteiger partial charge in [0.05, 0.1) is 15.6 Å². The molecule has 5 heteroatoms. The second-order valence-electron chi connectivity index (χ2n) is 6.29. The lowest BCUT2D eigenvalue weighted by molar-refractivity contribution is 0.0949. The molecule has 0 aromatic heterocycles. The lowest BCUT2D eigenvalue weighted by Crippen LogP contribution is -2.10. The Balaban J connectivity index is 1.49. The molecule has 136 valence electrons. The van der Waals surface area contributed by atoms with Gasteiger partial charge in [-0.05, 0) is 35.4 Å². The number of benzene rings is 3. The van der Waals surface area contributed by atoms with Gasteiger partial charge in [0.1, 0.15) is 18.5 Å². The van der Waals surface area contributed by atoms with Crippen molar-refractivity contribution in [3.8, 4) is 5.75 Å². The van der Waals surface area contributed by atoms with E-state index in [2.05, 4.69) is 0 Å². The third-order valence-corrected chi connectivity index (χ3v) is 5.15. The van der Waals surface area contributed by atoms with Crippen LogP contribution in [0.1, 0.15) is 27.6 Å². The summed E-state index contributed by atoms with van der Waals surface area (Å²) < 4.78 is 11.5. The van der Waals surface area contributed by atoms with E-state index < -0.39 is 6.10 Å². The van der Waals surface area contributed by atoms with E-state index >= 15 is 0 Å². The van der Waals surface area contributed by atoms with Gasteiger partial charge in [-0.2, -0.15) is 0 Å². The fourth-order valence-corrected chi connectivity index (χ4v) is 3.25. The summed E-state index contributed by atoms with van der Waals surface area (Å²) >= 11 is 12.0. The van der Waals surface area contributed by atoms with Gasteiger partial charge in [0.2, 0.25) is 0 Å². The molecule has 0 aliphatic carbocycles. The summed E-state index contributed by atoms with van der Waals surface area (Å²) in [6.45, 7) is 0.396. The lowest BCUT2D eigenvalue weighted by Gasteiger charge is -2.10. The van der Waals surface area contributed by atoms with Gasteiger partial charge in [0.25, 0.3) is 0 Å². The second-order valence-corrected chi connectivity index (χ2v) is 7.10. The van der Waals surface area contributed by atoms with E-state index in [0.717, 1.165) is 11.1 Å². The van der Waals surface area contributed by atoms with Crippen molar-refractivity contribution in [2.45, 2.75) is 18.8 Å². The Morgan fingerprint density at radius 2 is 1.67 bits per heavy atom. The minimum absolute atomic E-state index is 0.102. The monoisotopic (exact) mass is 398 g/mol. The summed E-state index contributed by atoms with van der Waals surface area (Å²) in [6, 6.07) is 22.3. The highest BCUT2D eigenvalue weighted by atomic mass is 35.5. The summed E-state index contributed by atoms with van der Waals surface area (Å²) in [5.74, 6) is 0.449. The first-order valence-corrected chi connectivity index (χ1v) is 9.29. The Kier molecular flexibility index (Phi) is 5.17. The maximum Gasteiger partial charge on any atom is 0.198 e. The van der Waals surface area contributed by atoms with Crippen LogP contribution in [0, 0.1) is 0 Å². The number of ketones is 1. The molecule has 27 heavy (non-hydrogen) atoms. The van der Waals surface area contributed by atoms with Crippen LogP contribution in [0.5, 0.6) is 5.75 Å². The summed E-state index contributed by atoms with van der Waals surface area (Å²) in [7, 11) is 0. The first kappa shape index (κ1) is 18.1. The number of epoxide rings is 1. The van der Waals surface area contributed by atoms with Crippen molar-refractivity contribution in [2.24, 2.45) is 0 Å². The van der Waals surface area contributed by atoms with Crippen LogP contribution in [0.3, 0.4) is 0 Å². The first-order valence-electron chi connectivity index (χ1n) is 8.54. The molecule has 0 amide bonds. The van der Waals surface area contributed by atoms with Gasteiger partial charge >= 0.3 is 0 Å². The van der Waals surface area contributed by atoms with Gasteiger partial charge in [-0.3, -0.25) is 4.79 Å². The molecule has 3 aromatic carbocycles. The zero-order valence-electron chi connectivity index (χ0n) is 14.3. The van der Waals surface area contributed by atoms with E-state index in [1.54, 1.807) is 24.3 Å². The molecule has 0 unspecified atom stereocenters. The normalized spacial score (nSPS) is 18.1. The highest BCUT2D eigenvalue weighted by Crippen LogP contribution is 2.43. The topological polar surface area (TPSA) is 38.8 Å². The van der Waals surface area contributed by atoms with Gasteiger partial charge in [-0.15, -0.1) is 0 Å². The SMILES string of the molecule is O=C(c1ccccc1OCc1ccccc1)[C@@H]1O[C@@H]1c1ccc(Cl)c(Cl)c1. The third-order valence-electron chi connectivity index (χ3n) is 4.41. The summed E-state index contributed by atoms with van der Waals surface area (Å²) in [4.78, 5) is 12.9. The number of rotatable bonds is 6. The molecule has 0 bridgehead atoms. The predicted octanol–water partition coefficient (Wildman–Crippen LogP) is 5.90. The molecule has 0 spiro atoms. The number of carbonyl (C=O) groups excluding carboxylic acids is 1. The van der Waals surface area contributed by atoms with Crippen LogP contribution < -0.4 is 4.74 Å². The summed E-state index contributed by atoms with van der Waals surface area (Å²) in [5.41, 5.74) is 2.39. The smallest absolute Gasteiger partial charge is 0.198 e. The van der Waals surface area contributed by atoms with E-state index in [4.69, 9.17) is 32.7 Å². The minimum atomic E-state index is -0.538. The fraction of sp³-hybridized carbons (Fsp3) is 0.136. The highest BCUT2D eigenvalue weighted by molar-refractivity contribution is 6.42. The standard InChI is InChI=1S/C22H16Cl2O3/c23-17-11-10-15(12-18(17)24)21-22(27-21)20(25)16-8-4-5-9-19(16)26-13-14-6-2-1-3-7-14/h1-12,21-22H,13H2/t21-,22+/m1/s1. The van der Waals surface area contributed by atoms with E-state index in [0.29, 0.717) is 28.0 Å². The predicted molar refractivity (Wildman–Crippen MR) is 106 cm³/mol. The number of hydrogen-bond acceptors (Lipinski definition) is 3. The van der Waals surface area contributed by atoms with Crippen molar-refractivity contribution in [1.29, 1.82) is 0 Å². The van der Waals surface area contributed by atoms with E-state index in [-0.39, 0.29) is 11.9 Å². The van der Waals surface area contributed by atoms with Crippen LogP contribution in [0.2, 0.25) is 10.0 Å². The van der Waals surface area contributed by atoms with Gasteiger partial charge in [-0.25, -0.2) is 0 Å². The average Bonchev–Trinajstić information content (AvgIpc) is 3.50. The average molecular weight is 399 g/mol. The van der Waals surface area contributed by atoms with Gasteiger partial charge in [0.15, 0.2) is 11.9 Å². The van der Waals surface area contributed by atoms with Gasteiger partial charge < -0.3 is 9.47 Å². The molecule has 0 saturated carbocycles. The third kappa shape index (κ3) is 4.01. The molecule has 3 aromatic rings. The Morgan fingerprint density at radius 3 is 2.44 bits per heavy atom. The van der Waals surface area contributed by atoms with Crippen molar-refractivity contribution in [3.63, 3.8) is 0 Å². The maximum atomic E-state index is 12.9. The number of Topliss-reactive ketones (excluding diaryl/α,β-unsaturated/α-hetero) is 1. The minimum Gasteiger partial charge on any atom is -0.488 e. The number of para-hydroxylation sites is 1. The van der Waals surface area contributed by atoms with E-state index in [1.807, 2.05) is 48.5 Å². The first-order chi connectivity index (χ1) is 13.1. The molecule has 0 radical (unpaired) electrons. The van der Waals surface area contributed by atoms with E-state index in [9.17, 15) is 4.79 Å². The lowest BCUT2D eigenvalue weighted by atomic mass is 10.0. The van der Waals surface area contributed by atoms with E-state index in [1.165, 1.54) is 0 Å². The van der Waals surface area contributed by atoms with Crippen LogP contribution >= 0.6 is 23.2 Å². The number of ether oxygens (including phenoxy) is 2. The van der Waals surface area contributed by atoms with Crippen LogP contribution in [-0.4, -0.2) is 11.9 Å². The summed E-state index contributed by atoms with van der Waals surface area (Å²) in [6.07, 6.45) is -0.849. The van der Waals surface area contributed by atoms with Crippen molar-refractivity contribution < 1.29 is 14.3 Å². The Morgan fingerprint density at radius 1 is 0.926 bits per heavy atom. The molecular weight excluding hydrogens is 383 g/mol. The second kappa shape index (κ2) is 7.73. The molecule has 1 saturated heterocycles. The quantitative estimate of drug-likeness (QED) is 0.383. The number of hydrogen-bond donors (Lipinski definition) is 0. The molecule has 1 heterocycles. The van der Waals surface area contributed by atoms with Crippen LogP contribution in [0.15, 0.2) is 72.8 Å². The van der Waals surface area contributed by atoms with Gasteiger partial charge in [0, 0.05) is 0 Å². The molecule has 2 atom stereocenters. The van der Waals surface area contributed by atoms with Crippen molar-refractivity contribution in [1.82, 2.24) is 0 Å². The van der Waals surface area contributed by atoms with Crippen molar-refractivity contribution >= 4 is 29.0 Å². The fourth-order valence-electron chi connectivity index (χ4n) is 2.94. The van der Waals surface area contributed by atoms with Crippen molar-refractivity contribution in [2.75, 3.05) is 0 Å². The Hall–Kier alpha value is -2.33. The largest absolute Gasteiger partial charge is 0.488 e. The zero-order valence-corrected chi connectivity index (χ0v) is 15.8.